The van der Waals surface area contributed by atoms with Crippen LogP contribution < -0.4 is 15.8 Å². The molecule has 0 bridgehead atoms. The van der Waals surface area contributed by atoms with Crippen LogP contribution in [0.15, 0.2) is 24.3 Å². The molecule has 0 saturated heterocycles. The largest absolute Gasteiger partial charge is 0.481 e. The predicted octanol–water partition coefficient (Wildman–Crippen LogP) is 2.78. The van der Waals surface area contributed by atoms with E-state index >= 15 is 0 Å². The van der Waals surface area contributed by atoms with E-state index in [2.05, 4.69) is 5.32 Å². The van der Waals surface area contributed by atoms with Crippen LogP contribution in [0.1, 0.15) is 52.6 Å². The molecule has 112 valence electrons. The highest BCUT2D eigenvalue weighted by Crippen LogP contribution is 2.26. The van der Waals surface area contributed by atoms with Crippen molar-refractivity contribution < 1.29 is 9.53 Å². The fourth-order valence-electron chi connectivity index (χ4n) is 1.83. The van der Waals surface area contributed by atoms with Gasteiger partial charge in [0.05, 0.1) is 0 Å². The van der Waals surface area contributed by atoms with Crippen molar-refractivity contribution in [2.75, 3.05) is 0 Å². The zero-order valence-corrected chi connectivity index (χ0v) is 13.1. The van der Waals surface area contributed by atoms with Gasteiger partial charge in [0, 0.05) is 17.1 Å². The van der Waals surface area contributed by atoms with E-state index in [4.69, 9.17) is 10.5 Å². The van der Waals surface area contributed by atoms with E-state index in [0.717, 1.165) is 12.0 Å². The molecule has 1 aromatic carbocycles. The van der Waals surface area contributed by atoms with E-state index in [-0.39, 0.29) is 17.5 Å². The second kappa shape index (κ2) is 6.75. The monoisotopic (exact) mass is 278 g/mol. The molecule has 0 radical (unpaired) electrons. The zero-order valence-electron chi connectivity index (χ0n) is 13.1. The fourth-order valence-corrected chi connectivity index (χ4v) is 1.83. The summed E-state index contributed by atoms with van der Waals surface area (Å²) in [6, 6.07) is 7.53. The first kappa shape index (κ1) is 16.5. The number of hydrogen-bond acceptors (Lipinski definition) is 3. The van der Waals surface area contributed by atoms with Crippen molar-refractivity contribution in [2.45, 2.75) is 58.7 Å². The molecule has 20 heavy (non-hydrogen) atoms. The summed E-state index contributed by atoms with van der Waals surface area (Å²) in [4.78, 5) is 12.0. The summed E-state index contributed by atoms with van der Waals surface area (Å²) in [6.07, 6.45) is 0.266. The van der Waals surface area contributed by atoms with Gasteiger partial charge in [-0.15, -0.1) is 0 Å². The summed E-state index contributed by atoms with van der Waals surface area (Å²) >= 11 is 0. The number of carbonyl (C=O) groups excluding carboxylic acids is 1. The van der Waals surface area contributed by atoms with E-state index in [9.17, 15) is 4.79 Å². The van der Waals surface area contributed by atoms with Gasteiger partial charge in [0.2, 0.25) is 0 Å². The van der Waals surface area contributed by atoms with Crippen LogP contribution in [0.2, 0.25) is 0 Å². The average Bonchev–Trinajstić information content (AvgIpc) is 2.36. The smallest absolute Gasteiger partial charge is 0.261 e. The minimum atomic E-state index is -0.556. The lowest BCUT2D eigenvalue weighted by molar-refractivity contribution is -0.128. The number of amides is 1. The Morgan fingerprint density at radius 1 is 1.35 bits per heavy atom. The van der Waals surface area contributed by atoms with Crippen LogP contribution in [0.25, 0.3) is 0 Å². The van der Waals surface area contributed by atoms with Crippen molar-refractivity contribution in [1.29, 1.82) is 0 Å². The first-order chi connectivity index (χ1) is 9.24. The lowest BCUT2D eigenvalue weighted by Crippen LogP contribution is -2.46. The molecule has 0 aliphatic heterocycles. The van der Waals surface area contributed by atoms with Crippen molar-refractivity contribution in [1.82, 2.24) is 5.32 Å². The highest BCUT2D eigenvalue weighted by molar-refractivity contribution is 5.81. The molecule has 4 nitrogen and oxygen atoms in total. The van der Waals surface area contributed by atoms with Crippen LogP contribution in [0, 0.1) is 0 Å². The van der Waals surface area contributed by atoms with Crippen LogP contribution in [0.3, 0.4) is 0 Å². The molecule has 0 saturated carbocycles. The Morgan fingerprint density at radius 3 is 2.50 bits per heavy atom. The van der Waals surface area contributed by atoms with E-state index in [1.165, 1.54) is 0 Å². The summed E-state index contributed by atoms with van der Waals surface area (Å²) in [5.74, 6) is 0.552. The summed E-state index contributed by atoms with van der Waals surface area (Å²) in [7, 11) is 0. The predicted molar refractivity (Wildman–Crippen MR) is 81.6 cm³/mol. The van der Waals surface area contributed by atoms with Gasteiger partial charge in [0.15, 0.2) is 6.10 Å². The normalized spacial score (nSPS) is 14.5. The van der Waals surface area contributed by atoms with Crippen molar-refractivity contribution >= 4 is 5.91 Å². The van der Waals surface area contributed by atoms with Crippen molar-refractivity contribution in [3.05, 3.63) is 29.8 Å². The van der Waals surface area contributed by atoms with Gasteiger partial charge < -0.3 is 15.8 Å². The van der Waals surface area contributed by atoms with Gasteiger partial charge >= 0.3 is 0 Å². The average molecular weight is 278 g/mol. The number of hydrogen-bond donors (Lipinski definition) is 2. The zero-order chi connectivity index (χ0) is 15.3. The quantitative estimate of drug-likeness (QED) is 0.870. The summed E-state index contributed by atoms with van der Waals surface area (Å²) < 4.78 is 5.78. The molecule has 0 fully saturated rings. The number of ether oxygens (including phenoxy) is 1. The summed E-state index contributed by atoms with van der Waals surface area (Å²) in [6.45, 7) is 9.60. The number of rotatable bonds is 5. The molecule has 0 spiro atoms. The van der Waals surface area contributed by atoms with Crippen LogP contribution in [0.5, 0.6) is 5.75 Å². The van der Waals surface area contributed by atoms with Crippen molar-refractivity contribution in [2.24, 2.45) is 5.73 Å². The Morgan fingerprint density at radius 2 is 1.95 bits per heavy atom. The van der Waals surface area contributed by atoms with Crippen molar-refractivity contribution in [3.8, 4) is 5.75 Å². The molecule has 1 rings (SSSR count). The molecule has 0 aliphatic carbocycles. The minimum Gasteiger partial charge on any atom is -0.481 e. The van der Waals surface area contributed by atoms with E-state index < -0.39 is 6.10 Å². The SMILES string of the molecule is CCC(N)c1ccccc1OC(C)C(=O)NC(C)(C)C. The van der Waals surface area contributed by atoms with Crippen LogP contribution >= 0.6 is 0 Å². The number of para-hydroxylation sites is 1. The molecule has 0 aromatic heterocycles. The van der Waals surface area contributed by atoms with Gasteiger partial charge in [-0.05, 0) is 40.2 Å². The highest BCUT2D eigenvalue weighted by atomic mass is 16.5. The molecular weight excluding hydrogens is 252 g/mol. The second-order valence-corrected chi connectivity index (χ2v) is 6.05. The van der Waals surface area contributed by atoms with Gasteiger partial charge in [-0.1, -0.05) is 25.1 Å². The summed E-state index contributed by atoms with van der Waals surface area (Å²) in [5, 5.41) is 2.91. The summed E-state index contributed by atoms with van der Waals surface area (Å²) in [5.41, 5.74) is 6.73. The fraction of sp³-hybridized carbons (Fsp3) is 0.562. The van der Waals surface area contributed by atoms with Crippen LogP contribution in [-0.4, -0.2) is 17.6 Å². The lowest BCUT2D eigenvalue weighted by Gasteiger charge is -2.24. The Hall–Kier alpha value is -1.55. The maximum Gasteiger partial charge on any atom is 0.261 e. The molecule has 2 unspecified atom stereocenters. The topological polar surface area (TPSA) is 64.3 Å². The second-order valence-electron chi connectivity index (χ2n) is 6.05. The van der Waals surface area contributed by atoms with Gasteiger partial charge in [0.1, 0.15) is 5.75 Å². The molecule has 3 N–H and O–H groups in total. The third-order valence-corrected chi connectivity index (χ3v) is 2.93. The Kier molecular flexibility index (Phi) is 5.57. The Balaban J connectivity index is 2.80. The Labute approximate surface area is 121 Å². The van der Waals surface area contributed by atoms with E-state index in [0.29, 0.717) is 5.75 Å². The molecule has 4 heteroatoms. The molecule has 2 atom stereocenters. The van der Waals surface area contributed by atoms with Crippen molar-refractivity contribution in [3.63, 3.8) is 0 Å². The van der Waals surface area contributed by atoms with Crippen LogP contribution in [-0.2, 0) is 4.79 Å². The van der Waals surface area contributed by atoms with E-state index in [1.54, 1.807) is 6.92 Å². The molecule has 0 heterocycles. The molecule has 1 aromatic rings. The lowest BCUT2D eigenvalue weighted by atomic mass is 10.0. The third kappa shape index (κ3) is 4.85. The van der Waals surface area contributed by atoms with Gasteiger partial charge in [0.25, 0.3) is 5.91 Å². The standard InChI is InChI=1S/C16H26N2O2/c1-6-13(17)12-9-7-8-10-14(12)20-11(2)15(19)18-16(3,4)5/h7-11,13H,6,17H2,1-5H3,(H,18,19). The van der Waals surface area contributed by atoms with E-state index in [1.807, 2.05) is 52.0 Å². The Bertz CT molecular complexity index is 452. The van der Waals surface area contributed by atoms with Gasteiger partial charge in [-0.3, -0.25) is 4.79 Å². The van der Waals surface area contributed by atoms with Gasteiger partial charge in [-0.25, -0.2) is 0 Å². The first-order valence-electron chi connectivity index (χ1n) is 7.07. The maximum atomic E-state index is 12.0. The third-order valence-electron chi connectivity index (χ3n) is 2.93. The minimum absolute atomic E-state index is 0.0796. The maximum absolute atomic E-state index is 12.0. The first-order valence-corrected chi connectivity index (χ1v) is 7.07. The molecule has 0 aliphatic rings. The number of carbonyl (C=O) groups is 1. The highest BCUT2D eigenvalue weighted by Gasteiger charge is 2.21. The number of benzene rings is 1. The van der Waals surface area contributed by atoms with Gasteiger partial charge in [-0.2, -0.15) is 0 Å². The van der Waals surface area contributed by atoms with Crippen LogP contribution in [0.4, 0.5) is 0 Å². The molecule has 1 amide bonds. The molecular formula is C16H26N2O2. The number of nitrogens with one attached hydrogen (secondary N) is 1. The number of nitrogens with two attached hydrogens (primary N) is 1.